The molecule has 9 rings (SSSR count). The van der Waals surface area contributed by atoms with E-state index in [0.717, 1.165) is 76.5 Å². The highest BCUT2D eigenvalue weighted by atomic mass is 16.3. The van der Waals surface area contributed by atoms with E-state index in [4.69, 9.17) is 4.42 Å². The normalized spacial score (nSPS) is 17.3. The molecule has 0 bridgehead atoms. The number of hydrogen-bond donors (Lipinski definition) is 0. The molecule has 55 heavy (non-hydrogen) atoms. The Morgan fingerprint density at radius 3 is 2.33 bits per heavy atom. The topological polar surface area (TPSA) is 21.9 Å². The third-order valence-corrected chi connectivity index (χ3v) is 12.3. The van der Waals surface area contributed by atoms with Gasteiger partial charge in [-0.1, -0.05) is 132 Å². The van der Waals surface area contributed by atoms with Crippen LogP contribution in [0.25, 0.3) is 61.2 Å². The van der Waals surface area contributed by atoms with E-state index in [-0.39, 0.29) is 5.41 Å². The van der Waals surface area contributed by atoms with Crippen LogP contribution in [0.5, 0.6) is 0 Å². The van der Waals surface area contributed by atoms with E-state index in [1.165, 1.54) is 44.6 Å². The molecule has 3 heteroatoms. The second-order valence-electron chi connectivity index (χ2n) is 17.7. The maximum absolute atomic E-state index is 9.26. The summed E-state index contributed by atoms with van der Waals surface area (Å²) in [6, 6.07) is 37.4. The molecule has 1 saturated carbocycles. The first-order valence-electron chi connectivity index (χ1n) is 20.6. The number of nitrogens with zero attached hydrogens (tertiary/aromatic N) is 2. The van der Waals surface area contributed by atoms with E-state index in [9.17, 15) is 1.37 Å². The van der Waals surface area contributed by atoms with Crippen molar-refractivity contribution in [3.63, 3.8) is 0 Å². The van der Waals surface area contributed by atoms with E-state index < -0.39 is 5.89 Å². The van der Waals surface area contributed by atoms with Crippen LogP contribution < -0.4 is 4.57 Å². The van der Waals surface area contributed by atoms with Gasteiger partial charge in [0.1, 0.15) is 16.8 Å². The largest absolute Gasteiger partial charge is 0.455 e. The van der Waals surface area contributed by atoms with E-state index >= 15 is 0 Å². The standard InChI is InChI=1S/C52H53N2O/c1-34-19-27-42-41-15-8-11-18-47(41)55-49(42)48(34)50-53(7)45-16-9-10-17-46(45)54(50)44-28-26-40(33-43(44)51(2,3)4)36-14-12-13-35(20-21-36)37-22-24-38(25-23-37)39-29-31-52(5,6)32-30-39/h8-12,14-28,33,39H,13,29-32H2,1-7H3/q+1/i39D. The second kappa shape index (κ2) is 13.4. The average molecular weight is 723 g/mol. The lowest BCUT2D eigenvalue weighted by Gasteiger charge is -2.34. The van der Waals surface area contributed by atoms with Gasteiger partial charge in [-0.2, -0.15) is 4.57 Å². The molecule has 3 nitrogen and oxygen atoms in total. The summed E-state index contributed by atoms with van der Waals surface area (Å²) in [6.07, 6.45) is 14.1. The second-order valence-corrected chi connectivity index (χ2v) is 17.7. The summed E-state index contributed by atoms with van der Waals surface area (Å²) in [7, 11) is 2.18. The Morgan fingerprint density at radius 2 is 1.55 bits per heavy atom. The summed E-state index contributed by atoms with van der Waals surface area (Å²) in [4.78, 5) is 0. The van der Waals surface area contributed by atoms with Crippen molar-refractivity contribution in [2.45, 2.75) is 85.0 Å². The first-order valence-corrected chi connectivity index (χ1v) is 20.1. The molecule has 2 aliphatic rings. The Labute approximate surface area is 327 Å². The fourth-order valence-corrected chi connectivity index (χ4v) is 8.99. The van der Waals surface area contributed by atoms with Gasteiger partial charge in [0.25, 0.3) is 5.82 Å². The predicted molar refractivity (Wildman–Crippen MR) is 232 cm³/mol. The van der Waals surface area contributed by atoms with Crippen molar-refractivity contribution >= 4 is 44.1 Å². The van der Waals surface area contributed by atoms with Crippen LogP contribution in [0.4, 0.5) is 0 Å². The van der Waals surface area contributed by atoms with E-state index in [0.29, 0.717) is 5.41 Å². The Balaban J connectivity index is 1.13. The molecule has 7 aromatic rings. The first kappa shape index (κ1) is 34.1. The summed E-state index contributed by atoms with van der Waals surface area (Å²) in [5, 5.41) is 2.27. The Morgan fingerprint density at radius 1 is 0.818 bits per heavy atom. The lowest BCUT2D eigenvalue weighted by atomic mass is 9.71. The summed E-state index contributed by atoms with van der Waals surface area (Å²) >= 11 is 0. The zero-order chi connectivity index (χ0) is 39.0. The molecular formula is C52H53N2O+. The third-order valence-electron chi connectivity index (χ3n) is 12.3. The Bertz CT molecular complexity index is 2750. The maximum Gasteiger partial charge on any atom is 0.298 e. The number of rotatable bonds is 5. The van der Waals surface area contributed by atoms with Crippen molar-refractivity contribution in [2.75, 3.05) is 0 Å². The number of furan rings is 1. The molecule has 0 spiro atoms. The van der Waals surface area contributed by atoms with Crippen LogP contribution in [0.3, 0.4) is 0 Å². The lowest BCUT2D eigenvalue weighted by molar-refractivity contribution is -0.633. The minimum absolute atomic E-state index is 0.145. The van der Waals surface area contributed by atoms with Crippen LogP contribution in [0.2, 0.25) is 0 Å². The molecule has 5 aromatic carbocycles. The molecule has 0 saturated heterocycles. The van der Waals surface area contributed by atoms with Gasteiger partial charge in [0.2, 0.25) is 0 Å². The number of para-hydroxylation sites is 3. The smallest absolute Gasteiger partial charge is 0.298 e. The van der Waals surface area contributed by atoms with Crippen LogP contribution in [0, 0.1) is 12.3 Å². The van der Waals surface area contributed by atoms with Crippen molar-refractivity contribution < 1.29 is 10.4 Å². The van der Waals surface area contributed by atoms with Crippen molar-refractivity contribution in [2.24, 2.45) is 12.5 Å². The van der Waals surface area contributed by atoms with E-state index in [2.05, 4.69) is 179 Å². The van der Waals surface area contributed by atoms with Gasteiger partial charge in [-0.15, -0.1) is 0 Å². The summed E-state index contributed by atoms with van der Waals surface area (Å²) in [5.74, 6) is 0.628. The zero-order valence-corrected chi connectivity index (χ0v) is 33.5. The Kier molecular flexibility index (Phi) is 8.32. The number of imidazole rings is 1. The molecule has 0 aliphatic heterocycles. The SMILES string of the molecule is [2H]C1(c2ccc(C3=CC=C(c4ccc(-n5c(-c6c(C)ccc7c6oc6ccccc67)[n+](C)c6ccccc65)c(C(C)(C)C)c4)C=CC3)cc2)CCC(C)(C)CC1. The van der Waals surface area contributed by atoms with Crippen LogP contribution in [0.15, 0.2) is 132 Å². The average Bonchev–Trinajstić information content (AvgIpc) is 3.58. The molecule has 0 atom stereocenters. The third kappa shape index (κ3) is 6.28. The molecule has 2 aliphatic carbocycles. The number of allylic oxidation sites excluding steroid dienone is 6. The van der Waals surface area contributed by atoms with Crippen molar-refractivity contribution in [3.05, 3.63) is 155 Å². The van der Waals surface area contributed by atoms with Gasteiger partial charge in [-0.25, -0.2) is 4.57 Å². The van der Waals surface area contributed by atoms with E-state index in [1.807, 2.05) is 6.07 Å². The number of benzene rings is 5. The fraction of sp³-hybridized carbons (Fsp3) is 0.288. The monoisotopic (exact) mass is 722 g/mol. The van der Waals surface area contributed by atoms with Gasteiger partial charge in [-0.05, 0) is 119 Å². The summed E-state index contributed by atoms with van der Waals surface area (Å²) in [6.45, 7) is 13.8. The van der Waals surface area contributed by atoms with Crippen LogP contribution >= 0.6 is 0 Å². The number of fused-ring (bicyclic) bond motifs is 4. The highest BCUT2D eigenvalue weighted by Crippen LogP contribution is 2.44. The first-order chi connectivity index (χ1) is 26.8. The lowest BCUT2D eigenvalue weighted by Crippen LogP contribution is -2.30. The summed E-state index contributed by atoms with van der Waals surface area (Å²) < 4.78 is 20.7. The maximum atomic E-state index is 9.26. The van der Waals surface area contributed by atoms with Crippen LogP contribution in [-0.2, 0) is 12.5 Å². The van der Waals surface area contributed by atoms with Gasteiger partial charge in [-0.3, -0.25) is 0 Å². The molecule has 2 heterocycles. The van der Waals surface area contributed by atoms with Crippen LogP contribution in [-0.4, -0.2) is 4.57 Å². The Hall–Kier alpha value is -5.41. The molecule has 0 unspecified atom stereocenters. The van der Waals surface area contributed by atoms with E-state index in [1.54, 1.807) is 0 Å². The highest BCUT2D eigenvalue weighted by Gasteiger charge is 2.33. The molecule has 2 aromatic heterocycles. The van der Waals surface area contributed by atoms with Gasteiger partial charge < -0.3 is 4.42 Å². The molecular weight excluding hydrogens is 669 g/mol. The molecule has 0 N–H and O–H groups in total. The summed E-state index contributed by atoms with van der Waals surface area (Å²) in [5.41, 5.74) is 15.2. The quantitative estimate of drug-likeness (QED) is 0.162. The van der Waals surface area contributed by atoms with Gasteiger partial charge in [0.05, 0.1) is 7.05 Å². The van der Waals surface area contributed by atoms with Crippen LogP contribution in [0.1, 0.15) is 102 Å². The molecule has 0 amide bonds. The van der Waals surface area contributed by atoms with Gasteiger partial charge in [0, 0.05) is 17.7 Å². The zero-order valence-electron chi connectivity index (χ0n) is 34.5. The molecule has 0 radical (unpaired) electrons. The predicted octanol–water partition coefficient (Wildman–Crippen LogP) is 13.7. The number of aryl methyl sites for hydroxylation is 2. The number of aromatic nitrogens is 2. The molecule has 276 valence electrons. The van der Waals surface area contributed by atoms with Crippen molar-refractivity contribution in [1.82, 2.24) is 4.57 Å². The number of hydrogen-bond acceptors (Lipinski definition) is 1. The minimum atomic E-state index is -0.472. The highest BCUT2D eigenvalue weighted by molar-refractivity contribution is 6.09. The van der Waals surface area contributed by atoms with Crippen molar-refractivity contribution in [3.8, 4) is 17.1 Å². The van der Waals surface area contributed by atoms with Gasteiger partial charge >= 0.3 is 0 Å². The molecule has 1 fully saturated rings. The minimum Gasteiger partial charge on any atom is -0.455 e. The fourth-order valence-electron chi connectivity index (χ4n) is 8.99. The van der Waals surface area contributed by atoms with Crippen molar-refractivity contribution in [1.29, 1.82) is 0 Å². The van der Waals surface area contributed by atoms with Gasteiger partial charge in [0.15, 0.2) is 16.6 Å².